The Labute approximate surface area is 92.9 Å². The fourth-order valence-corrected chi connectivity index (χ4v) is 1.61. The van der Waals surface area contributed by atoms with Crippen LogP contribution in [-0.2, 0) is 0 Å². The summed E-state index contributed by atoms with van der Waals surface area (Å²) >= 11 is 0. The molecule has 0 bridgehead atoms. The zero-order valence-electron chi connectivity index (χ0n) is 10.0. The van der Waals surface area contributed by atoms with E-state index < -0.39 is 0 Å². The minimum atomic E-state index is 0.634. The van der Waals surface area contributed by atoms with E-state index in [-0.39, 0.29) is 0 Å². The lowest BCUT2D eigenvalue weighted by Crippen LogP contribution is -2.15. The first-order chi connectivity index (χ1) is 7.15. The summed E-state index contributed by atoms with van der Waals surface area (Å²) in [5.74, 6) is 0.634. The van der Waals surface area contributed by atoms with E-state index in [1.807, 2.05) is 0 Å². The van der Waals surface area contributed by atoms with Crippen LogP contribution in [0.4, 0.5) is 5.69 Å². The summed E-state index contributed by atoms with van der Waals surface area (Å²) in [7, 11) is 0. The summed E-state index contributed by atoms with van der Waals surface area (Å²) in [6, 6.07) is 6.37. The van der Waals surface area contributed by atoms with Crippen molar-refractivity contribution in [3.05, 3.63) is 29.3 Å². The van der Waals surface area contributed by atoms with Crippen LogP contribution in [0.1, 0.15) is 24.5 Å². The van der Waals surface area contributed by atoms with Crippen molar-refractivity contribution in [3.8, 4) is 0 Å². The number of benzene rings is 1. The first-order valence-electron chi connectivity index (χ1n) is 5.65. The van der Waals surface area contributed by atoms with Crippen molar-refractivity contribution >= 4 is 5.69 Å². The van der Waals surface area contributed by atoms with Gasteiger partial charge in [0.25, 0.3) is 0 Å². The van der Waals surface area contributed by atoms with Crippen molar-refractivity contribution in [2.45, 2.75) is 27.2 Å². The molecule has 2 nitrogen and oxygen atoms in total. The third-order valence-corrected chi connectivity index (χ3v) is 2.91. The molecule has 1 aromatic rings. The highest BCUT2D eigenvalue weighted by Gasteiger charge is 2.03. The Kier molecular flexibility index (Phi) is 4.63. The topological polar surface area (TPSA) is 38.0 Å². The zero-order chi connectivity index (χ0) is 11.3. The van der Waals surface area contributed by atoms with Crippen molar-refractivity contribution < 1.29 is 0 Å². The van der Waals surface area contributed by atoms with E-state index >= 15 is 0 Å². The van der Waals surface area contributed by atoms with Gasteiger partial charge in [-0.05, 0) is 49.9 Å². The van der Waals surface area contributed by atoms with E-state index in [1.165, 1.54) is 16.8 Å². The van der Waals surface area contributed by atoms with E-state index in [0.29, 0.717) is 5.92 Å². The first-order valence-corrected chi connectivity index (χ1v) is 5.65. The van der Waals surface area contributed by atoms with Gasteiger partial charge in [-0.25, -0.2) is 0 Å². The molecule has 0 spiro atoms. The molecule has 1 unspecified atom stereocenters. The molecule has 1 atom stereocenters. The van der Waals surface area contributed by atoms with Crippen LogP contribution in [0.3, 0.4) is 0 Å². The quantitative estimate of drug-likeness (QED) is 0.777. The predicted octanol–water partition coefficient (Wildman–Crippen LogP) is 2.70. The molecule has 1 aromatic carbocycles. The molecule has 0 saturated heterocycles. The highest BCUT2D eigenvalue weighted by Crippen LogP contribution is 2.18. The number of hydrogen-bond donors (Lipinski definition) is 2. The second kappa shape index (κ2) is 5.76. The molecule has 0 amide bonds. The maximum Gasteiger partial charge on any atom is 0.0372 e. The Bertz CT molecular complexity index is 307. The van der Waals surface area contributed by atoms with Crippen LogP contribution in [0, 0.1) is 19.8 Å². The Morgan fingerprint density at radius 1 is 1.33 bits per heavy atom. The lowest BCUT2D eigenvalue weighted by atomic mass is 10.1. The van der Waals surface area contributed by atoms with Gasteiger partial charge in [-0.2, -0.15) is 0 Å². The molecule has 15 heavy (non-hydrogen) atoms. The van der Waals surface area contributed by atoms with Crippen LogP contribution in [0.5, 0.6) is 0 Å². The van der Waals surface area contributed by atoms with Gasteiger partial charge in [0.15, 0.2) is 0 Å². The van der Waals surface area contributed by atoms with Crippen LogP contribution in [-0.4, -0.2) is 13.1 Å². The van der Waals surface area contributed by atoms with E-state index in [1.54, 1.807) is 0 Å². The predicted molar refractivity (Wildman–Crippen MR) is 67.2 cm³/mol. The van der Waals surface area contributed by atoms with E-state index in [4.69, 9.17) is 5.73 Å². The molecular weight excluding hydrogens is 184 g/mol. The average molecular weight is 206 g/mol. The van der Waals surface area contributed by atoms with Gasteiger partial charge in [-0.1, -0.05) is 19.1 Å². The Balaban J connectivity index is 2.54. The summed E-state index contributed by atoms with van der Waals surface area (Å²) in [5.41, 5.74) is 9.46. The maximum absolute atomic E-state index is 5.52. The van der Waals surface area contributed by atoms with Gasteiger partial charge < -0.3 is 11.1 Å². The number of hydrogen-bond acceptors (Lipinski definition) is 2. The Hall–Kier alpha value is -1.02. The number of anilines is 1. The second-order valence-electron chi connectivity index (χ2n) is 4.31. The van der Waals surface area contributed by atoms with Gasteiger partial charge >= 0.3 is 0 Å². The van der Waals surface area contributed by atoms with E-state index in [2.05, 4.69) is 44.3 Å². The van der Waals surface area contributed by atoms with Crippen LogP contribution >= 0.6 is 0 Å². The summed E-state index contributed by atoms with van der Waals surface area (Å²) in [4.78, 5) is 0. The summed E-state index contributed by atoms with van der Waals surface area (Å²) < 4.78 is 0. The molecule has 0 aliphatic rings. The molecule has 2 heteroatoms. The second-order valence-corrected chi connectivity index (χ2v) is 4.31. The van der Waals surface area contributed by atoms with E-state index in [0.717, 1.165) is 19.5 Å². The smallest absolute Gasteiger partial charge is 0.0372 e. The summed E-state index contributed by atoms with van der Waals surface area (Å²) in [5, 5.41) is 3.48. The van der Waals surface area contributed by atoms with Crippen LogP contribution in [0.2, 0.25) is 0 Å². The van der Waals surface area contributed by atoms with Crippen molar-refractivity contribution in [3.63, 3.8) is 0 Å². The van der Waals surface area contributed by atoms with Gasteiger partial charge in [0.2, 0.25) is 0 Å². The molecule has 84 valence electrons. The number of rotatable bonds is 5. The monoisotopic (exact) mass is 206 g/mol. The molecule has 0 radical (unpaired) electrons. The normalized spacial score (nSPS) is 12.5. The van der Waals surface area contributed by atoms with Gasteiger partial charge in [0, 0.05) is 12.2 Å². The number of nitrogens with two attached hydrogens (primary N) is 1. The van der Waals surface area contributed by atoms with Gasteiger partial charge in [0.1, 0.15) is 0 Å². The highest BCUT2D eigenvalue weighted by atomic mass is 14.9. The SMILES string of the molecule is Cc1cccc(NCC(C)CCN)c1C. The minimum Gasteiger partial charge on any atom is -0.385 e. The largest absolute Gasteiger partial charge is 0.385 e. The molecule has 0 aromatic heterocycles. The number of nitrogens with one attached hydrogen (secondary N) is 1. The average Bonchev–Trinajstić information content (AvgIpc) is 2.21. The lowest BCUT2D eigenvalue weighted by Gasteiger charge is -2.15. The van der Waals surface area contributed by atoms with Gasteiger partial charge in [-0.15, -0.1) is 0 Å². The van der Waals surface area contributed by atoms with Crippen LogP contribution in [0.25, 0.3) is 0 Å². The molecule has 0 heterocycles. The van der Waals surface area contributed by atoms with Crippen molar-refractivity contribution in [1.82, 2.24) is 0 Å². The Morgan fingerprint density at radius 2 is 2.07 bits per heavy atom. The fourth-order valence-electron chi connectivity index (χ4n) is 1.61. The maximum atomic E-state index is 5.52. The lowest BCUT2D eigenvalue weighted by molar-refractivity contribution is 0.568. The fraction of sp³-hybridized carbons (Fsp3) is 0.538. The third-order valence-electron chi connectivity index (χ3n) is 2.91. The molecular formula is C13H22N2. The Morgan fingerprint density at radius 3 is 2.73 bits per heavy atom. The number of aryl methyl sites for hydroxylation is 1. The molecule has 0 aliphatic carbocycles. The molecule has 0 saturated carbocycles. The summed E-state index contributed by atoms with van der Waals surface area (Å²) in [6.07, 6.45) is 1.08. The van der Waals surface area contributed by atoms with Gasteiger partial charge in [0.05, 0.1) is 0 Å². The van der Waals surface area contributed by atoms with Crippen molar-refractivity contribution in [1.29, 1.82) is 0 Å². The van der Waals surface area contributed by atoms with Crippen molar-refractivity contribution in [2.75, 3.05) is 18.4 Å². The highest BCUT2D eigenvalue weighted by molar-refractivity contribution is 5.53. The van der Waals surface area contributed by atoms with Crippen molar-refractivity contribution in [2.24, 2.45) is 11.7 Å². The van der Waals surface area contributed by atoms with Gasteiger partial charge in [-0.3, -0.25) is 0 Å². The molecule has 0 fully saturated rings. The molecule has 1 rings (SSSR count). The van der Waals surface area contributed by atoms with Crippen LogP contribution < -0.4 is 11.1 Å². The zero-order valence-corrected chi connectivity index (χ0v) is 10.0. The first kappa shape index (κ1) is 12.1. The molecule has 3 N–H and O–H groups in total. The standard InChI is InChI=1S/C13H22N2/c1-10(7-8-14)9-15-13-6-4-5-11(2)12(13)3/h4-6,10,15H,7-9,14H2,1-3H3. The molecule has 0 aliphatic heterocycles. The van der Waals surface area contributed by atoms with E-state index in [9.17, 15) is 0 Å². The minimum absolute atomic E-state index is 0.634. The van der Waals surface area contributed by atoms with Crippen LogP contribution in [0.15, 0.2) is 18.2 Å². The summed E-state index contributed by atoms with van der Waals surface area (Å²) in [6.45, 7) is 8.30. The third kappa shape index (κ3) is 3.56.